The van der Waals surface area contributed by atoms with E-state index >= 15 is 0 Å². The first-order valence-corrected chi connectivity index (χ1v) is 5.97. The van der Waals surface area contributed by atoms with Crippen molar-refractivity contribution in [1.82, 2.24) is 9.55 Å². The summed E-state index contributed by atoms with van der Waals surface area (Å²) in [6.07, 6.45) is 3.71. The van der Waals surface area contributed by atoms with Gasteiger partial charge in [-0.3, -0.25) is 0 Å². The minimum absolute atomic E-state index is 1.13. The van der Waals surface area contributed by atoms with E-state index in [1.165, 1.54) is 29.9 Å². The average Bonchev–Trinajstić information content (AvgIpc) is 2.69. The fraction of sp³-hybridized carbons (Fsp3) is 0.357. The van der Waals surface area contributed by atoms with Gasteiger partial charge in [0, 0.05) is 24.2 Å². The number of aromatic nitrogens is 2. The second kappa shape index (κ2) is 3.78. The molecule has 0 aliphatic carbocycles. The molecule has 2 heterocycles. The fourth-order valence-corrected chi connectivity index (χ4v) is 2.50. The molecule has 2 heteroatoms. The highest BCUT2D eigenvalue weighted by molar-refractivity contribution is 5.62. The molecule has 0 fully saturated rings. The van der Waals surface area contributed by atoms with Crippen LogP contribution in [-0.4, -0.2) is 9.55 Å². The van der Waals surface area contributed by atoms with E-state index in [9.17, 15) is 0 Å². The molecule has 0 saturated heterocycles. The molecule has 0 unspecified atom stereocenters. The van der Waals surface area contributed by atoms with Gasteiger partial charge >= 0.3 is 0 Å². The summed E-state index contributed by atoms with van der Waals surface area (Å²) in [6.45, 7) is 3.32. The van der Waals surface area contributed by atoms with Crippen LogP contribution in [0.5, 0.6) is 0 Å². The van der Waals surface area contributed by atoms with Gasteiger partial charge in [0.15, 0.2) is 0 Å². The molecule has 1 aliphatic rings. The Labute approximate surface area is 95.9 Å². The Hall–Kier alpha value is -1.57. The Balaban J connectivity index is 2.12. The predicted octanol–water partition coefficient (Wildman–Crippen LogP) is 3.19. The minimum atomic E-state index is 1.13. The SMILES string of the molecule is Cc1c(-c2ccccc2)nc2n1CCCC2. The first kappa shape index (κ1) is 9.64. The zero-order valence-electron chi connectivity index (χ0n) is 9.61. The third kappa shape index (κ3) is 1.45. The zero-order chi connectivity index (χ0) is 11.0. The smallest absolute Gasteiger partial charge is 0.109 e. The Morgan fingerprint density at radius 1 is 1.12 bits per heavy atom. The topological polar surface area (TPSA) is 17.8 Å². The van der Waals surface area contributed by atoms with Crippen molar-refractivity contribution in [3.63, 3.8) is 0 Å². The Kier molecular flexibility index (Phi) is 2.28. The van der Waals surface area contributed by atoms with Crippen LogP contribution in [0.15, 0.2) is 30.3 Å². The monoisotopic (exact) mass is 212 g/mol. The first-order valence-electron chi connectivity index (χ1n) is 5.97. The van der Waals surface area contributed by atoms with E-state index in [1.54, 1.807) is 0 Å². The first-order chi connectivity index (χ1) is 7.86. The van der Waals surface area contributed by atoms with E-state index in [4.69, 9.17) is 4.98 Å². The van der Waals surface area contributed by atoms with Crippen LogP contribution in [0.2, 0.25) is 0 Å². The van der Waals surface area contributed by atoms with Crippen LogP contribution in [-0.2, 0) is 13.0 Å². The van der Waals surface area contributed by atoms with Crippen LogP contribution < -0.4 is 0 Å². The maximum Gasteiger partial charge on any atom is 0.109 e. The summed E-state index contributed by atoms with van der Waals surface area (Å²) in [6, 6.07) is 10.5. The highest BCUT2D eigenvalue weighted by Gasteiger charge is 2.17. The molecule has 0 amide bonds. The molecule has 2 aromatic rings. The number of aryl methyl sites for hydroxylation is 1. The molecular weight excluding hydrogens is 196 g/mol. The van der Waals surface area contributed by atoms with Crippen molar-refractivity contribution < 1.29 is 0 Å². The Bertz CT molecular complexity index is 497. The van der Waals surface area contributed by atoms with Crippen molar-refractivity contribution in [1.29, 1.82) is 0 Å². The van der Waals surface area contributed by atoms with Gasteiger partial charge < -0.3 is 4.57 Å². The lowest BCUT2D eigenvalue weighted by atomic mass is 10.1. The van der Waals surface area contributed by atoms with Gasteiger partial charge in [-0.25, -0.2) is 4.98 Å². The van der Waals surface area contributed by atoms with Crippen molar-refractivity contribution >= 4 is 0 Å². The van der Waals surface area contributed by atoms with Crippen molar-refractivity contribution in [3.8, 4) is 11.3 Å². The summed E-state index contributed by atoms with van der Waals surface area (Å²) >= 11 is 0. The molecule has 1 aromatic heterocycles. The van der Waals surface area contributed by atoms with Gasteiger partial charge in [-0.15, -0.1) is 0 Å². The molecule has 0 saturated carbocycles. The number of fused-ring (bicyclic) bond motifs is 1. The van der Waals surface area contributed by atoms with Crippen molar-refractivity contribution in [2.75, 3.05) is 0 Å². The zero-order valence-corrected chi connectivity index (χ0v) is 9.61. The van der Waals surface area contributed by atoms with E-state index in [1.807, 2.05) is 0 Å². The van der Waals surface area contributed by atoms with E-state index in [0.717, 1.165) is 18.7 Å². The summed E-state index contributed by atoms with van der Waals surface area (Å²) < 4.78 is 2.38. The van der Waals surface area contributed by atoms with Gasteiger partial charge in [-0.1, -0.05) is 30.3 Å². The van der Waals surface area contributed by atoms with Gasteiger partial charge in [0.25, 0.3) is 0 Å². The summed E-state index contributed by atoms with van der Waals surface area (Å²) in [4.78, 5) is 4.78. The molecule has 3 rings (SSSR count). The lowest BCUT2D eigenvalue weighted by molar-refractivity contribution is 0.514. The number of benzene rings is 1. The third-order valence-corrected chi connectivity index (χ3v) is 3.38. The number of rotatable bonds is 1. The van der Waals surface area contributed by atoms with Crippen LogP contribution in [0.4, 0.5) is 0 Å². The van der Waals surface area contributed by atoms with E-state index in [0.29, 0.717) is 0 Å². The Morgan fingerprint density at radius 3 is 2.69 bits per heavy atom. The molecule has 1 aromatic carbocycles. The normalized spacial score (nSPS) is 14.8. The lowest BCUT2D eigenvalue weighted by Crippen LogP contribution is -2.11. The standard InChI is InChI=1S/C14H16N2/c1-11-14(12-7-3-2-4-8-12)15-13-9-5-6-10-16(11)13/h2-4,7-8H,5-6,9-10H2,1H3. The van der Waals surface area contributed by atoms with E-state index in [2.05, 4.69) is 41.8 Å². The maximum absolute atomic E-state index is 4.78. The highest BCUT2D eigenvalue weighted by Crippen LogP contribution is 2.26. The van der Waals surface area contributed by atoms with Crippen LogP contribution in [0.1, 0.15) is 24.4 Å². The van der Waals surface area contributed by atoms with E-state index < -0.39 is 0 Å². The van der Waals surface area contributed by atoms with Gasteiger partial charge in [0.1, 0.15) is 5.82 Å². The van der Waals surface area contributed by atoms with Gasteiger partial charge in [-0.05, 0) is 19.8 Å². The highest BCUT2D eigenvalue weighted by atomic mass is 15.1. The molecule has 0 atom stereocenters. The molecule has 16 heavy (non-hydrogen) atoms. The quantitative estimate of drug-likeness (QED) is 0.709. The second-order valence-corrected chi connectivity index (χ2v) is 4.44. The number of nitrogens with zero attached hydrogens (tertiary/aromatic N) is 2. The molecule has 0 radical (unpaired) electrons. The molecule has 0 N–H and O–H groups in total. The molecule has 1 aliphatic heterocycles. The van der Waals surface area contributed by atoms with Crippen molar-refractivity contribution in [2.45, 2.75) is 32.7 Å². The minimum Gasteiger partial charge on any atom is -0.332 e. The van der Waals surface area contributed by atoms with Gasteiger partial charge in [0.05, 0.1) is 5.69 Å². The average molecular weight is 212 g/mol. The van der Waals surface area contributed by atoms with Gasteiger partial charge in [0.2, 0.25) is 0 Å². The third-order valence-electron chi connectivity index (χ3n) is 3.38. The number of hydrogen-bond donors (Lipinski definition) is 0. The van der Waals surface area contributed by atoms with Crippen LogP contribution in [0.3, 0.4) is 0 Å². The van der Waals surface area contributed by atoms with Crippen LogP contribution in [0, 0.1) is 6.92 Å². The maximum atomic E-state index is 4.78. The molecule has 0 bridgehead atoms. The van der Waals surface area contributed by atoms with Crippen molar-refractivity contribution in [2.24, 2.45) is 0 Å². The lowest BCUT2D eigenvalue weighted by Gasteiger charge is -2.14. The summed E-state index contributed by atoms with van der Waals surface area (Å²) in [5, 5.41) is 0. The summed E-state index contributed by atoms with van der Waals surface area (Å²) in [5.74, 6) is 1.27. The summed E-state index contributed by atoms with van der Waals surface area (Å²) in [5.41, 5.74) is 3.72. The molecule has 82 valence electrons. The van der Waals surface area contributed by atoms with E-state index in [-0.39, 0.29) is 0 Å². The van der Waals surface area contributed by atoms with Crippen LogP contribution in [0.25, 0.3) is 11.3 Å². The molecule has 0 spiro atoms. The van der Waals surface area contributed by atoms with Crippen molar-refractivity contribution in [3.05, 3.63) is 41.9 Å². The predicted molar refractivity (Wildman–Crippen MR) is 65.3 cm³/mol. The molecule has 2 nitrogen and oxygen atoms in total. The fourth-order valence-electron chi connectivity index (χ4n) is 2.50. The summed E-state index contributed by atoms with van der Waals surface area (Å²) in [7, 11) is 0. The number of hydrogen-bond acceptors (Lipinski definition) is 1. The number of imidazole rings is 1. The molecular formula is C14H16N2. The van der Waals surface area contributed by atoms with Gasteiger partial charge in [-0.2, -0.15) is 0 Å². The Morgan fingerprint density at radius 2 is 1.94 bits per heavy atom. The largest absolute Gasteiger partial charge is 0.332 e. The second-order valence-electron chi connectivity index (χ2n) is 4.44. The van der Waals surface area contributed by atoms with Crippen LogP contribution >= 0.6 is 0 Å².